The zero-order valence-electron chi connectivity index (χ0n) is 8.39. The predicted molar refractivity (Wildman–Crippen MR) is 54.3 cm³/mol. The first-order valence-corrected chi connectivity index (χ1v) is 4.12. The van der Waals surface area contributed by atoms with E-state index in [2.05, 4.69) is 0 Å². The Morgan fingerprint density at radius 2 is 1.93 bits per heavy atom. The van der Waals surface area contributed by atoms with Crippen molar-refractivity contribution in [2.45, 2.75) is 0 Å². The minimum absolute atomic E-state index is 0.254. The van der Waals surface area contributed by atoms with Gasteiger partial charge in [0.1, 0.15) is 5.69 Å². The quantitative estimate of drug-likeness (QED) is 0.444. The molecule has 0 radical (unpaired) electrons. The molecule has 1 aromatic carbocycles. The Bertz CT molecular complexity index is 369. The SMILES string of the molecule is C[N+](C)(C)c1ccc(O)c([N+](=O)[O-])c1. The minimum Gasteiger partial charge on any atom is -0.502 e. The predicted octanol–water partition coefficient (Wildman–Crippen LogP) is 1.50. The topological polar surface area (TPSA) is 63.4 Å². The van der Waals surface area contributed by atoms with Crippen LogP contribution in [0.3, 0.4) is 0 Å². The molecule has 0 aliphatic rings. The zero-order valence-corrected chi connectivity index (χ0v) is 8.39. The van der Waals surface area contributed by atoms with Crippen molar-refractivity contribution in [3.05, 3.63) is 28.3 Å². The molecule has 0 aromatic heterocycles. The number of aromatic hydroxyl groups is 1. The summed E-state index contributed by atoms with van der Waals surface area (Å²) in [7, 11) is 5.70. The second kappa shape index (κ2) is 3.26. The van der Waals surface area contributed by atoms with E-state index in [1.807, 2.05) is 21.1 Å². The number of nitro benzene ring substituents is 1. The van der Waals surface area contributed by atoms with E-state index >= 15 is 0 Å². The van der Waals surface area contributed by atoms with Crippen LogP contribution in [0.25, 0.3) is 0 Å². The van der Waals surface area contributed by atoms with Crippen molar-refractivity contribution in [1.29, 1.82) is 0 Å². The highest BCUT2D eigenvalue weighted by Gasteiger charge is 2.20. The van der Waals surface area contributed by atoms with Crippen molar-refractivity contribution in [2.75, 3.05) is 21.1 Å². The number of quaternary nitrogens is 1. The van der Waals surface area contributed by atoms with E-state index in [0.717, 1.165) is 5.69 Å². The third kappa shape index (κ3) is 2.00. The Balaban J connectivity index is 3.27. The van der Waals surface area contributed by atoms with E-state index in [9.17, 15) is 15.2 Å². The van der Waals surface area contributed by atoms with E-state index in [1.165, 1.54) is 12.1 Å². The van der Waals surface area contributed by atoms with Crippen LogP contribution in [0.5, 0.6) is 5.75 Å². The summed E-state index contributed by atoms with van der Waals surface area (Å²) in [6.45, 7) is 0. The molecule has 0 atom stereocenters. The van der Waals surface area contributed by atoms with Crippen molar-refractivity contribution in [2.24, 2.45) is 0 Å². The van der Waals surface area contributed by atoms with Crippen molar-refractivity contribution in [3.8, 4) is 5.75 Å². The van der Waals surface area contributed by atoms with Gasteiger partial charge in [-0.2, -0.15) is 0 Å². The van der Waals surface area contributed by atoms with Crippen LogP contribution in [-0.2, 0) is 0 Å². The van der Waals surface area contributed by atoms with Gasteiger partial charge in [-0.25, -0.2) is 0 Å². The van der Waals surface area contributed by atoms with E-state index < -0.39 is 4.92 Å². The molecule has 0 aliphatic carbocycles. The van der Waals surface area contributed by atoms with E-state index in [1.54, 1.807) is 6.07 Å². The van der Waals surface area contributed by atoms with Gasteiger partial charge in [-0.05, 0) is 6.07 Å². The molecule has 0 saturated heterocycles. The molecule has 14 heavy (non-hydrogen) atoms. The molecule has 76 valence electrons. The molecule has 0 amide bonds. The second-order valence-electron chi connectivity index (χ2n) is 3.94. The molecule has 1 N–H and O–H groups in total. The molecule has 0 fully saturated rings. The summed E-state index contributed by atoms with van der Waals surface area (Å²) in [4.78, 5) is 9.95. The van der Waals surface area contributed by atoms with Crippen LogP contribution >= 0.6 is 0 Å². The van der Waals surface area contributed by atoms with E-state index in [4.69, 9.17) is 0 Å². The van der Waals surface area contributed by atoms with Gasteiger partial charge in [0.05, 0.1) is 32.1 Å². The fourth-order valence-electron chi connectivity index (χ4n) is 1.08. The van der Waals surface area contributed by atoms with Crippen LogP contribution in [0.1, 0.15) is 0 Å². The van der Waals surface area contributed by atoms with Crippen molar-refractivity contribution >= 4 is 11.4 Å². The normalized spacial score (nSPS) is 11.4. The Morgan fingerprint density at radius 3 is 2.36 bits per heavy atom. The molecule has 0 heterocycles. The summed E-state index contributed by atoms with van der Waals surface area (Å²) in [6.07, 6.45) is 0. The maximum absolute atomic E-state index is 10.5. The molecule has 0 spiro atoms. The molecular weight excluding hydrogens is 184 g/mol. The van der Waals surface area contributed by atoms with Crippen LogP contribution in [0.15, 0.2) is 18.2 Å². The van der Waals surface area contributed by atoms with Crippen LogP contribution < -0.4 is 4.48 Å². The highest BCUT2D eigenvalue weighted by atomic mass is 16.6. The van der Waals surface area contributed by atoms with Crippen molar-refractivity contribution in [3.63, 3.8) is 0 Å². The van der Waals surface area contributed by atoms with Crippen molar-refractivity contribution in [1.82, 2.24) is 4.48 Å². The number of phenolic OH excluding ortho intramolecular Hbond substituents is 1. The maximum Gasteiger partial charge on any atom is 0.316 e. The largest absolute Gasteiger partial charge is 0.502 e. The summed E-state index contributed by atoms with van der Waals surface area (Å²) in [5.41, 5.74) is 0.519. The molecule has 0 saturated carbocycles. The van der Waals surface area contributed by atoms with Crippen LogP contribution in [-0.4, -0.2) is 31.2 Å². The number of nitro groups is 1. The molecule has 0 bridgehead atoms. The number of nitrogens with zero attached hydrogens (tertiary/aromatic N) is 2. The molecule has 5 heteroatoms. The highest BCUT2D eigenvalue weighted by molar-refractivity contribution is 5.56. The maximum atomic E-state index is 10.5. The molecule has 1 rings (SSSR count). The zero-order chi connectivity index (χ0) is 10.9. The van der Waals surface area contributed by atoms with Gasteiger partial charge in [-0.1, -0.05) is 0 Å². The molecule has 5 nitrogen and oxygen atoms in total. The number of rotatable bonds is 2. The van der Waals surface area contributed by atoms with Gasteiger partial charge < -0.3 is 5.11 Å². The fraction of sp³-hybridized carbons (Fsp3) is 0.333. The summed E-state index contributed by atoms with van der Waals surface area (Å²) < 4.78 is 0.473. The number of benzene rings is 1. The molecule has 1 aromatic rings. The van der Waals surface area contributed by atoms with Gasteiger partial charge in [0.2, 0.25) is 0 Å². The average molecular weight is 197 g/mol. The standard InChI is InChI=1S/C9H12N2O3/c1-11(2,3)7-4-5-9(12)8(6-7)10(13)14/h4-6H,1-3H3/p+1. The van der Waals surface area contributed by atoms with Gasteiger partial charge >= 0.3 is 5.69 Å². The fourth-order valence-corrected chi connectivity index (χ4v) is 1.08. The first-order valence-electron chi connectivity index (χ1n) is 4.12. The first-order chi connectivity index (χ1) is 6.32. The van der Waals surface area contributed by atoms with Crippen LogP contribution in [0, 0.1) is 10.1 Å². The number of hydrogen-bond acceptors (Lipinski definition) is 3. The van der Waals surface area contributed by atoms with Gasteiger partial charge in [0.25, 0.3) is 0 Å². The smallest absolute Gasteiger partial charge is 0.316 e. The molecule has 0 unspecified atom stereocenters. The Kier molecular flexibility index (Phi) is 2.44. The van der Waals surface area contributed by atoms with Gasteiger partial charge in [0.15, 0.2) is 5.75 Å². The first kappa shape index (κ1) is 10.5. The van der Waals surface area contributed by atoms with Gasteiger partial charge in [-0.15, -0.1) is 0 Å². The Morgan fingerprint density at radius 1 is 1.36 bits per heavy atom. The summed E-state index contributed by atoms with van der Waals surface area (Å²) >= 11 is 0. The highest BCUT2D eigenvalue weighted by Crippen LogP contribution is 2.31. The lowest BCUT2D eigenvalue weighted by molar-refractivity contribution is -0.385. The van der Waals surface area contributed by atoms with Gasteiger partial charge in [-0.3, -0.25) is 14.6 Å². The lowest BCUT2D eigenvalue weighted by Gasteiger charge is -2.22. The molecule has 0 aliphatic heterocycles. The van der Waals surface area contributed by atoms with E-state index in [0.29, 0.717) is 4.48 Å². The van der Waals surface area contributed by atoms with Crippen LogP contribution in [0.4, 0.5) is 11.4 Å². The number of phenols is 1. The summed E-state index contributed by atoms with van der Waals surface area (Å²) in [5, 5.41) is 19.8. The third-order valence-corrected chi connectivity index (χ3v) is 1.93. The van der Waals surface area contributed by atoms with Gasteiger partial charge in [0, 0.05) is 6.07 Å². The number of hydrogen-bond donors (Lipinski definition) is 1. The van der Waals surface area contributed by atoms with Crippen LogP contribution in [0.2, 0.25) is 0 Å². The minimum atomic E-state index is -0.589. The monoisotopic (exact) mass is 197 g/mol. The second-order valence-corrected chi connectivity index (χ2v) is 3.94. The lowest BCUT2D eigenvalue weighted by atomic mass is 10.2. The van der Waals surface area contributed by atoms with Crippen molar-refractivity contribution < 1.29 is 10.0 Å². The Labute approximate surface area is 81.9 Å². The van der Waals surface area contributed by atoms with E-state index in [-0.39, 0.29) is 11.4 Å². The summed E-state index contributed by atoms with van der Waals surface area (Å²) in [6, 6.07) is 4.40. The Hall–Kier alpha value is -1.62. The summed E-state index contributed by atoms with van der Waals surface area (Å²) in [5.74, 6) is -0.299. The average Bonchev–Trinajstić information content (AvgIpc) is 2.02. The lowest BCUT2D eigenvalue weighted by Crippen LogP contribution is -2.34. The third-order valence-electron chi connectivity index (χ3n) is 1.93. The molecular formula is C9H13N2O3+.